The molecule has 4 heteroatoms. The van der Waals surface area contributed by atoms with E-state index in [1.54, 1.807) is 7.11 Å². The molecule has 0 amide bonds. The van der Waals surface area contributed by atoms with E-state index in [9.17, 15) is 0 Å². The summed E-state index contributed by atoms with van der Waals surface area (Å²) < 4.78 is 24.5. The second kappa shape index (κ2) is 8.47. The summed E-state index contributed by atoms with van der Waals surface area (Å²) in [5.74, 6) is 2.34. The minimum Gasteiger partial charge on any atom is -0.486 e. The minimum atomic E-state index is -0.764. The summed E-state index contributed by atoms with van der Waals surface area (Å²) in [6.45, 7) is 5.79. The molecule has 0 aliphatic carbocycles. The van der Waals surface area contributed by atoms with Gasteiger partial charge in [-0.2, -0.15) is 0 Å². The maximum Gasteiger partial charge on any atom is 0.178 e. The first-order chi connectivity index (χ1) is 17.1. The Bertz CT molecular complexity index is 1390. The molecule has 0 saturated heterocycles. The van der Waals surface area contributed by atoms with E-state index in [1.165, 1.54) is 11.1 Å². The predicted molar refractivity (Wildman–Crippen MR) is 138 cm³/mol. The van der Waals surface area contributed by atoms with Crippen molar-refractivity contribution in [2.45, 2.75) is 26.1 Å². The normalized spacial score (nSPS) is 15.5. The third-order valence-corrected chi connectivity index (χ3v) is 6.89. The molecule has 0 bridgehead atoms. The summed E-state index contributed by atoms with van der Waals surface area (Å²) in [7, 11) is 1.72. The van der Waals surface area contributed by atoms with Gasteiger partial charge in [-0.1, -0.05) is 65.7 Å². The number of hydrogen-bond donors (Lipinski definition) is 0. The van der Waals surface area contributed by atoms with Crippen LogP contribution in [0.2, 0.25) is 0 Å². The lowest BCUT2D eigenvalue weighted by Gasteiger charge is -2.37. The first kappa shape index (κ1) is 21.8. The molecule has 0 N–H and O–H groups in total. The van der Waals surface area contributed by atoms with Gasteiger partial charge in [0.1, 0.15) is 19.0 Å². The molecule has 0 saturated carbocycles. The first-order valence-electron chi connectivity index (χ1n) is 12.0. The molecule has 2 heterocycles. The average Bonchev–Trinajstić information content (AvgIpc) is 2.88. The maximum atomic E-state index is 7.12. The highest BCUT2D eigenvalue weighted by Crippen LogP contribution is 2.48. The van der Waals surface area contributed by atoms with Crippen molar-refractivity contribution in [2.75, 3.05) is 20.3 Å². The van der Waals surface area contributed by atoms with Crippen molar-refractivity contribution in [1.29, 1.82) is 0 Å². The van der Waals surface area contributed by atoms with Crippen molar-refractivity contribution in [3.63, 3.8) is 0 Å². The number of ether oxygens (including phenoxy) is 4. The highest BCUT2D eigenvalue weighted by Gasteiger charge is 2.38. The van der Waals surface area contributed by atoms with Crippen LogP contribution in [-0.2, 0) is 16.9 Å². The first-order valence-corrected chi connectivity index (χ1v) is 12.0. The topological polar surface area (TPSA) is 36.9 Å². The van der Waals surface area contributed by atoms with E-state index in [0.29, 0.717) is 19.8 Å². The minimum absolute atomic E-state index is 0.489. The molecule has 4 aromatic carbocycles. The maximum absolute atomic E-state index is 7.12. The molecule has 4 aromatic rings. The van der Waals surface area contributed by atoms with Crippen LogP contribution in [-0.4, -0.2) is 20.3 Å². The van der Waals surface area contributed by atoms with Gasteiger partial charge in [-0.3, -0.25) is 0 Å². The van der Waals surface area contributed by atoms with Crippen LogP contribution < -0.4 is 14.2 Å². The zero-order valence-electron chi connectivity index (χ0n) is 20.3. The van der Waals surface area contributed by atoms with Gasteiger partial charge in [-0.25, -0.2) is 0 Å². The van der Waals surface area contributed by atoms with E-state index < -0.39 is 5.60 Å². The smallest absolute Gasteiger partial charge is 0.178 e. The van der Waals surface area contributed by atoms with Crippen LogP contribution in [0, 0.1) is 13.8 Å². The number of benzene rings is 4. The van der Waals surface area contributed by atoms with Crippen LogP contribution in [0.25, 0.3) is 16.8 Å². The van der Waals surface area contributed by atoms with Gasteiger partial charge in [0.25, 0.3) is 0 Å². The molecule has 0 unspecified atom stereocenters. The van der Waals surface area contributed by atoms with Gasteiger partial charge in [0.15, 0.2) is 17.1 Å². The molecule has 35 heavy (non-hydrogen) atoms. The Morgan fingerprint density at radius 3 is 2.00 bits per heavy atom. The Labute approximate surface area is 205 Å². The van der Waals surface area contributed by atoms with Gasteiger partial charge in [0, 0.05) is 29.2 Å². The number of fused-ring (bicyclic) bond motifs is 4. The zero-order valence-corrected chi connectivity index (χ0v) is 20.3. The fourth-order valence-electron chi connectivity index (χ4n) is 5.02. The predicted octanol–water partition coefficient (Wildman–Crippen LogP) is 6.72. The largest absolute Gasteiger partial charge is 0.486 e. The summed E-state index contributed by atoms with van der Waals surface area (Å²) in [6.07, 6.45) is 4.36. The molecule has 2 aliphatic heterocycles. The molecular weight excluding hydrogens is 436 g/mol. The lowest BCUT2D eigenvalue weighted by Crippen LogP contribution is -2.34. The summed E-state index contributed by atoms with van der Waals surface area (Å²) in [6, 6.07) is 23.4. The van der Waals surface area contributed by atoms with E-state index in [4.69, 9.17) is 18.9 Å². The van der Waals surface area contributed by atoms with E-state index in [-0.39, 0.29) is 0 Å². The summed E-state index contributed by atoms with van der Waals surface area (Å²) in [5, 5.41) is 2.04. The number of hydrogen-bond acceptors (Lipinski definition) is 4. The molecule has 2 aliphatic rings. The SMILES string of the molecule is COCc1cc2cc3c(cc2c2c1C=CC(c1ccc(C)cc1)(c1ccc(C)cc1)O2)OCCO3. The van der Waals surface area contributed by atoms with Crippen LogP contribution in [0.5, 0.6) is 17.2 Å². The Morgan fingerprint density at radius 2 is 1.40 bits per heavy atom. The van der Waals surface area contributed by atoms with E-state index in [1.807, 2.05) is 12.1 Å². The summed E-state index contributed by atoms with van der Waals surface area (Å²) in [5.41, 5.74) is 5.93. The Kier molecular flexibility index (Phi) is 5.27. The fraction of sp³-hybridized carbons (Fsp3) is 0.226. The van der Waals surface area contributed by atoms with E-state index in [2.05, 4.69) is 80.6 Å². The Balaban J connectivity index is 1.61. The van der Waals surface area contributed by atoms with Gasteiger partial charge in [0.2, 0.25) is 0 Å². The Hall–Kier alpha value is -3.76. The fourth-order valence-corrected chi connectivity index (χ4v) is 5.02. The molecular formula is C31H28O4. The molecule has 0 atom stereocenters. The second-order valence-electron chi connectivity index (χ2n) is 9.33. The quantitative estimate of drug-likeness (QED) is 0.336. The van der Waals surface area contributed by atoms with Crippen molar-refractivity contribution in [3.05, 3.63) is 106 Å². The second-order valence-corrected chi connectivity index (χ2v) is 9.33. The van der Waals surface area contributed by atoms with Crippen LogP contribution in [0.4, 0.5) is 0 Å². The van der Waals surface area contributed by atoms with Crippen molar-refractivity contribution in [1.82, 2.24) is 0 Å². The van der Waals surface area contributed by atoms with E-state index >= 15 is 0 Å². The van der Waals surface area contributed by atoms with Crippen LogP contribution in [0.1, 0.15) is 33.4 Å². The molecule has 176 valence electrons. The molecule has 0 radical (unpaired) electrons. The third-order valence-electron chi connectivity index (χ3n) is 6.89. The summed E-state index contributed by atoms with van der Waals surface area (Å²) >= 11 is 0. The molecule has 4 nitrogen and oxygen atoms in total. The van der Waals surface area contributed by atoms with Crippen LogP contribution in [0.3, 0.4) is 0 Å². The van der Waals surface area contributed by atoms with Gasteiger partial charge in [0.05, 0.1) is 6.61 Å². The monoisotopic (exact) mass is 464 g/mol. The molecule has 6 rings (SSSR count). The van der Waals surface area contributed by atoms with Gasteiger partial charge in [-0.05, 0) is 49.1 Å². The molecule has 0 aromatic heterocycles. The highest BCUT2D eigenvalue weighted by atomic mass is 16.6. The van der Waals surface area contributed by atoms with Crippen LogP contribution >= 0.6 is 0 Å². The van der Waals surface area contributed by atoms with Gasteiger partial charge < -0.3 is 18.9 Å². The lowest BCUT2D eigenvalue weighted by atomic mass is 9.82. The summed E-state index contributed by atoms with van der Waals surface area (Å²) in [4.78, 5) is 0. The van der Waals surface area contributed by atoms with Crippen molar-refractivity contribution in [3.8, 4) is 17.2 Å². The van der Waals surface area contributed by atoms with E-state index in [0.717, 1.165) is 50.3 Å². The number of aryl methyl sites for hydroxylation is 2. The van der Waals surface area contributed by atoms with Gasteiger partial charge in [-0.15, -0.1) is 0 Å². The standard InChI is InChI=1S/C31H28O4/c1-20-4-8-24(9-5-20)31(25-10-6-21(2)7-11-25)13-12-26-23(19-32-3)16-22-17-28-29(34-15-14-33-28)18-27(22)30(26)35-31/h4-13,16-18H,14-15,19H2,1-3H3. The van der Waals surface area contributed by atoms with Crippen molar-refractivity contribution in [2.24, 2.45) is 0 Å². The molecule has 0 fully saturated rings. The Morgan fingerprint density at radius 1 is 0.800 bits per heavy atom. The number of methoxy groups -OCH3 is 1. The van der Waals surface area contributed by atoms with Crippen LogP contribution in [0.15, 0.2) is 72.8 Å². The average molecular weight is 465 g/mol. The van der Waals surface area contributed by atoms with Crippen molar-refractivity contribution >= 4 is 16.8 Å². The lowest BCUT2D eigenvalue weighted by molar-refractivity contribution is 0.160. The third kappa shape index (κ3) is 3.65. The highest BCUT2D eigenvalue weighted by molar-refractivity contribution is 5.96. The number of rotatable bonds is 4. The molecule has 0 spiro atoms. The zero-order chi connectivity index (χ0) is 24.0. The van der Waals surface area contributed by atoms with Crippen molar-refractivity contribution < 1.29 is 18.9 Å². The van der Waals surface area contributed by atoms with Gasteiger partial charge >= 0.3 is 0 Å².